The van der Waals surface area contributed by atoms with Gasteiger partial charge in [-0.1, -0.05) is 32.0 Å². The van der Waals surface area contributed by atoms with Gasteiger partial charge in [0.25, 0.3) is 0 Å². The van der Waals surface area contributed by atoms with Gasteiger partial charge in [-0.3, -0.25) is 4.99 Å². The molecule has 0 aliphatic heterocycles. The van der Waals surface area contributed by atoms with Crippen LogP contribution in [0.25, 0.3) is 22.1 Å². The molecule has 158 valence electrons. The van der Waals surface area contributed by atoms with Gasteiger partial charge in [0.1, 0.15) is 12.2 Å². The number of hydrogen-bond acceptors (Lipinski definition) is 4. The highest BCUT2D eigenvalue weighted by atomic mass is 15.3. The zero-order valence-electron chi connectivity index (χ0n) is 18.1. The third-order valence-corrected chi connectivity index (χ3v) is 5.32. The Morgan fingerprint density at radius 2 is 2.16 bits per heavy atom. The van der Waals surface area contributed by atoms with Gasteiger partial charge in [-0.15, -0.1) is 0 Å². The van der Waals surface area contributed by atoms with Crippen LogP contribution in [0.4, 0.5) is 5.82 Å². The summed E-state index contributed by atoms with van der Waals surface area (Å²) in [4.78, 5) is 16.0. The van der Waals surface area contributed by atoms with Crippen molar-refractivity contribution >= 4 is 41.0 Å². The maximum atomic E-state index is 4.86. The van der Waals surface area contributed by atoms with E-state index in [1.807, 2.05) is 29.8 Å². The number of aromatic nitrogens is 4. The summed E-state index contributed by atoms with van der Waals surface area (Å²) in [7, 11) is 0. The highest BCUT2D eigenvalue weighted by Crippen LogP contribution is 2.25. The molecule has 0 fully saturated rings. The van der Waals surface area contributed by atoms with Crippen LogP contribution in [-0.2, 0) is 6.42 Å². The van der Waals surface area contributed by atoms with Crippen LogP contribution in [0, 0.1) is 0 Å². The van der Waals surface area contributed by atoms with Gasteiger partial charge in [0.2, 0.25) is 0 Å². The number of allylic oxidation sites excluding steroid dienone is 1. The lowest BCUT2D eigenvalue weighted by atomic mass is 10.1. The molecule has 4 aromatic rings. The van der Waals surface area contributed by atoms with Gasteiger partial charge in [-0.2, -0.15) is 9.61 Å². The number of aliphatic imine (C=N–C) groups is 2. The second kappa shape index (κ2) is 8.95. The molecule has 31 heavy (non-hydrogen) atoms. The normalized spacial score (nSPS) is 12.5. The molecule has 0 atom stereocenters. The van der Waals surface area contributed by atoms with E-state index in [0.29, 0.717) is 5.92 Å². The van der Waals surface area contributed by atoms with Crippen LogP contribution < -0.4 is 5.32 Å². The Balaban J connectivity index is 1.64. The number of fused-ring (bicyclic) bond motifs is 2. The molecule has 0 saturated carbocycles. The zero-order chi connectivity index (χ0) is 21.8. The molecule has 0 aliphatic carbocycles. The van der Waals surface area contributed by atoms with Crippen molar-refractivity contribution in [3.8, 4) is 0 Å². The Morgan fingerprint density at radius 1 is 1.32 bits per heavy atom. The Bertz CT molecular complexity index is 1270. The third kappa shape index (κ3) is 4.26. The minimum Gasteiger partial charge on any atom is -0.370 e. The van der Waals surface area contributed by atoms with Gasteiger partial charge in [0.15, 0.2) is 5.65 Å². The van der Waals surface area contributed by atoms with E-state index in [4.69, 9.17) is 4.98 Å². The molecule has 0 bridgehead atoms. The average molecular weight is 414 g/mol. The first-order valence-corrected chi connectivity index (χ1v) is 10.4. The molecule has 0 spiro atoms. The molecule has 7 heteroatoms. The number of H-pyrrole nitrogens is 1. The summed E-state index contributed by atoms with van der Waals surface area (Å²) in [6.07, 6.45) is 8.05. The van der Waals surface area contributed by atoms with Crippen LogP contribution in [-0.4, -0.2) is 39.2 Å². The smallest absolute Gasteiger partial charge is 0.161 e. The van der Waals surface area contributed by atoms with E-state index in [1.54, 1.807) is 6.20 Å². The summed E-state index contributed by atoms with van der Waals surface area (Å²) in [6, 6.07) is 10.4. The van der Waals surface area contributed by atoms with Crippen LogP contribution >= 0.6 is 0 Å². The molecular formula is C24H27N7. The summed E-state index contributed by atoms with van der Waals surface area (Å²) >= 11 is 0. The third-order valence-electron chi connectivity index (χ3n) is 5.32. The monoisotopic (exact) mass is 413 g/mol. The quantitative estimate of drug-likeness (QED) is 0.312. The van der Waals surface area contributed by atoms with Crippen molar-refractivity contribution in [1.29, 1.82) is 0 Å². The minimum atomic E-state index is 0.326. The lowest BCUT2D eigenvalue weighted by Crippen LogP contribution is -2.10. The standard InChI is InChI=1S/C24H27N7/c1-16(2)20-14-29-31-23(11-22(30-24(20)31)17(3)12-26-15-25-4)27-10-9-18-13-28-21-8-6-5-7-19(18)21/h5-8,11-16,27-28H,4,9-10H2,1-3H3/b17-12+,26-15-. The second-order valence-corrected chi connectivity index (χ2v) is 7.81. The molecule has 0 radical (unpaired) electrons. The molecule has 0 amide bonds. The highest BCUT2D eigenvalue weighted by Gasteiger charge is 2.14. The van der Waals surface area contributed by atoms with Gasteiger partial charge in [0, 0.05) is 41.5 Å². The fraction of sp³-hybridized carbons (Fsp3) is 0.250. The molecule has 0 saturated heterocycles. The van der Waals surface area contributed by atoms with Crippen molar-refractivity contribution in [3.63, 3.8) is 0 Å². The highest BCUT2D eigenvalue weighted by molar-refractivity contribution is 5.83. The Labute approximate surface area is 181 Å². The first kappa shape index (κ1) is 20.5. The molecule has 0 unspecified atom stereocenters. The number of aromatic amines is 1. The molecule has 7 nitrogen and oxygen atoms in total. The van der Waals surface area contributed by atoms with Gasteiger partial charge in [-0.05, 0) is 43.2 Å². The van der Waals surface area contributed by atoms with Crippen LogP contribution in [0.1, 0.15) is 43.5 Å². The maximum absolute atomic E-state index is 4.86. The second-order valence-electron chi connectivity index (χ2n) is 7.81. The van der Waals surface area contributed by atoms with Crippen molar-refractivity contribution in [2.24, 2.45) is 9.98 Å². The van der Waals surface area contributed by atoms with E-state index < -0.39 is 0 Å². The topological polar surface area (TPSA) is 82.7 Å². The lowest BCUT2D eigenvalue weighted by Gasteiger charge is -2.12. The van der Waals surface area contributed by atoms with Crippen molar-refractivity contribution in [1.82, 2.24) is 19.6 Å². The Hall–Kier alpha value is -3.74. The Kier molecular flexibility index (Phi) is 5.93. The molecule has 1 aromatic carbocycles. The van der Waals surface area contributed by atoms with E-state index in [1.165, 1.54) is 17.3 Å². The number of benzene rings is 1. The van der Waals surface area contributed by atoms with Crippen LogP contribution in [0.2, 0.25) is 0 Å². The van der Waals surface area contributed by atoms with E-state index in [2.05, 4.69) is 70.3 Å². The summed E-state index contributed by atoms with van der Waals surface area (Å²) in [5.74, 6) is 1.23. The summed E-state index contributed by atoms with van der Waals surface area (Å²) in [5, 5.41) is 9.41. The van der Waals surface area contributed by atoms with Gasteiger partial charge >= 0.3 is 0 Å². The van der Waals surface area contributed by atoms with E-state index in [9.17, 15) is 0 Å². The summed E-state index contributed by atoms with van der Waals surface area (Å²) in [5.41, 5.74) is 6.23. The minimum absolute atomic E-state index is 0.326. The SMILES string of the molecule is C=N/C=N\C=C(/C)c1cc(NCCc2c[nH]c3ccccc23)n2ncc(C(C)C)c2n1. The maximum Gasteiger partial charge on any atom is 0.161 e. The molecule has 3 aromatic heterocycles. The molecule has 4 rings (SSSR count). The summed E-state index contributed by atoms with van der Waals surface area (Å²) in [6.45, 7) is 10.5. The van der Waals surface area contributed by atoms with Crippen molar-refractivity contribution < 1.29 is 0 Å². The van der Waals surface area contributed by atoms with Gasteiger partial charge < -0.3 is 10.3 Å². The Morgan fingerprint density at radius 3 is 2.97 bits per heavy atom. The molecule has 3 heterocycles. The van der Waals surface area contributed by atoms with Crippen molar-refractivity contribution in [2.45, 2.75) is 33.1 Å². The predicted molar refractivity (Wildman–Crippen MR) is 129 cm³/mol. The number of anilines is 1. The fourth-order valence-corrected chi connectivity index (χ4v) is 3.64. The van der Waals surface area contributed by atoms with Crippen LogP contribution in [0.3, 0.4) is 0 Å². The summed E-state index contributed by atoms with van der Waals surface area (Å²) < 4.78 is 1.88. The molecular weight excluding hydrogens is 386 g/mol. The predicted octanol–water partition coefficient (Wildman–Crippen LogP) is 5.08. The van der Waals surface area contributed by atoms with Crippen LogP contribution in [0.15, 0.2) is 58.9 Å². The number of hydrogen-bond donors (Lipinski definition) is 2. The van der Waals surface area contributed by atoms with E-state index >= 15 is 0 Å². The van der Waals surface area contributed by atoms with Gasteiger partial charge in [0.05, 0.1) is 11.9 Å². The average Bonchev–Trinajstić information content (AvgIpc) is 3.38. The van der Waals surface area contributed by atoms with Crippen LogP contribution in [0.5, 0.6) is 0 Å². The lowest BCUT2D eigenvalue weighted by molar-refractivity contribution is 0.871. The molecule has 0 aliphatic rings. The number of rotatable bonds is 8. The van der Waals surface area contributed by atoms with E-state index in [0.717, 1.165) is 46.8 Å². The molecule has 2 N–H and O–H groups in total. The fourth-order valence-electron chi connectivity index (χ4n) is 3.64. The largest absolute Gasteiger partial charge is 0.370 e. The number of nitrogens with one attached hydrogen (secondary N) is 2. The number of nitrogens with zero attached hydrogens (tertiary/aromatic N) is 5. The first-order chi connectivity index (χ1) is 15.1. The number of para-hydroxylation sites is 1. The van der Waals surface area contributed by atoms with E-state index in [-0.39, 0.29) is 0 Å². The zero-order valence-corrected chi connectivity index (χ0v) is 18.1. The van der Waals surface area contributed by atoms with Gasteiger partial charge in [-0.25, -0.2) is 9.98 Å². The van der Waals surface area contributed by atoms with Crippen molar-refractivity contribution in [2.75, 3.05) is 11.9 Å². The first-order valence-electron chi connectivity index (χ1n) is 10.4. The van der Waals surface area contributed by atoms with Crippen molar-refractivity contribution in [3.05, 3.63) is 65.7 Å².